The molecule has 0 aromatic carbocycles. The van der Waals surface area contributed by atoms with Gasteiger partial charge in [-0.05, 0) is 12.1 Å². The smallest absolute Gasteiger partial charge is 0.279 e. The van der Waals surface area contributed by atoms with E-state index in [4.69, 9.17) is 9.26 Å². The molecule has 0 bridgehead atoms. The van der Waals surface area contributed by atoms with Crippen LogP contribution in [0.25, 0.3) is 0 Å². The first-order valence-corrected chi connectivity index (χ1v) is 7.44. The molecule has 8 nitrogen and oxygen atoms in total. The van der Waals surface area contributed by atoms with Gasteiger partial charge in [0.2, 0.25) is 0 Å². The second-order valence-corrected chi connectivity index (χ2v) is 5.20. The molecule has 3 rings (SSSR count). The average molecular weight is 354 g/mol. The summed E-state index contributed by atoms with van der Waals surface area (Å²) < 4.78 is 9.92. The van der Waals surface area contributed by atoms with Gasteiger partial charge in [0, 0.05) is 39.4 Å². The van der Waals surface area contributed by atoms with E-state index in [1.165, 1.54) is 0 Å². The quantitative estimate of drug-likeness (QED) is 0.836. The van der Waals surface area contributed by atoms with E-state index in [9.17, 15) is 4.79 Å². The van der Waals surface area contributed by atoms with Crippen molar-refractivity contribution in [1.82, 2.24) is 15.5 Å². The number of nitrogens with one attached hydrogen (secondary N) is 2. The molecule has 130 valence electrons. The summed E-state index contributed by atoms with van der Waals surface area (Å²) in [6.07, 6.45) is 1.76. The van der Waals surface area contributed by atoms with Crippen LogP contribution in [0.15, 0.2) is 28.9 Å². The Morgan fingerprint density at radius 3 is 2.88 bits per heavy atom. The Morgan fingerprint density at radius 1 is 1.42 bits per heavy atom. The highest BCUT2D eigenvalue weighted by atomic mass is 35.5. The Hall–Kier alpha value is -2.16. The van der Waals surface area contributed by atoms with Crippen molar-refractivity contribution in [2.45, 2.75) is 6.61 Å². The van der Waals surface area contributed by atoms with Gasteiger partial charge in [0.25, 0.3) is 5.91 Å². The molecule has 0 aliphatic carbocycles. The molecule has 0 saturated carbocycles. The summed E-state index contributed by atoms with van der Waals surface area (Å²) in [5.74, 6) is 0.614. The second-order valence-electron chi connectivity index (χ2n) is 5.20. The van der Waals surface area contributed by atoms with Gasteiger partial charge in [0.05, 0.1) is 11.9 Å². The van der Waals surface area contributed by atoms with Gasteiger partial charge in [0.1, 0.15) is 12.4 Å². The van der Waals surface area contributed by atoms with E-state index >= 15 is 0 Å². The molecule has 3 heterocycles. The van der Waals surface area contributed by atoms with E-state index < -0.39 is 0 Å². The molecule has 1 amide bonds. The normalized spacial score (nSPS) is 14.1. The molecular formula is C15H20ClN5O3. The van der Waals surface area contributed by atoms with Crippen molar-refractivity contribution >= 4 is 29.8 Å². The monoisotopic (exact) mass is 353 g/mol. The van der Waals surface area contributed by atoms with Crippen molar-refractivity contribution in [1.29, 1.82) is 0 Å². The first kappa shape index (κ1) is 18.2. The Balaban J connectivity index is 0.00000208. The van der Waals surface area contributed by atoms with Crippen molar-refractivity contribution in [3.63, 3.8) is 0 Å². The Kier molecular flexibility index (Phi) is 6.53. The minimum absolute atomic E-state index is 0. The van der Waals surface area contributed by atoms with Crippen LogP contribution in [0, 0.1) is 0 Å². The summed E-state index contributed by atoms with van der Waals surface area (Å²) >= 11 is 0. The molecule has 0 atom stereocenters. The van der Waals surface area contributed by atoms with Crippen LogP contribution >= 0.6 is 12.4 Å². The number of anilines is 2. The van der Waals surface area contributed by atoms with Crippen LogP contribution in [0.1, 0.15) is 16.2 Å². The van der Waals surface area contributed by atoms with Gasteiger partial charge in [-0.15, -0.1) is 12.4 Å². The van der Waals surface area contributed by atoms with E-state index in [1.54, 1.807) is 25.4 Å². The first-order chi connectivity index (χ1) is 11.3. The van der Waals surface area contributed by atoms with E-state index in [2.05, 4.69) is 25.7 Å². The predicted octanol–water partition coefficient (Wildman–Crippen LogP) is 1.30. The number of hydrogen-bond acceptors (Lipinski definition) is 7. The van der Waals surface area contributed by atoms with Gasteiger partial charge in [-0.2, -0.15) is 0 Å². The fourth-order valence-electron chi connectivity index (χ4n) is 2.38. The topological polar surface area (TPSA) is 92.5 Å². The fraction of sp³-hybridized carbons (Fsp3) is 0.400. The number of nitrogens with zero attached hydrogens (tertiary/aromatic N) is 3. The van der Waals surface area contributed by atoms with E-state index in [1.807, 2.05) is 6.07 Å². The minimum Gasteiger partial charge on any atom is -0.377 e. The molecule has 24 heavy (non-hydrogen) atoms. The molecule has 1 aliphatic rings. The van der Waals surface area contributed by atoms with Crippen molar-refractivity contribution in [2.24, 2.45) is 0 Å². The third-order valence-corrected chi connectivity index (χ3v) is 3.55. The van der Waals surface area contributed by atoms with Crippen molar-refractivity contribution in [3.05, 3.63) is 35.9 Å². The van der Waals surface area contributed by atoms with Crippen LogP contribution in [0.5, 0.6) is 0 Å². The fourth-order valence-corrected chi connectivity index (χ4v) is 2.38. The lowest BCUT2D eigenvalue weighted by Crippen LogP contribution is -2.43. The zero-order valence-corrected chi connectivity index (χ0v) is 14.1. The van der Waals surface area contributed by atoms with Crippen molar-refractivity contribution in [3.8, 4) is 0 Å². The van der Waals surface area contributed by atoms with Gasteiger partial charge in [-0.25, -0.2) is 4.98 Å². The number of rotatable bonds is 5. The van der Waals surface area contributed by atoms with Crippen LogP contribution in [-0.2, 0) is 11.3 Å². The second kappa shape index (κ2) is 8.62. The van der Waals surface area contributed by atoms with Crippen molar-refractivity contribution < 1.29 is 14.1 Å². The molecule has 0 unspecified atom stereocenters. The molecular weight excluding hydrogens is 334 g/mol. The van der Waals surface area contributed by atoms with Gasteiger partial charge in [-0.1, -0.05) is 5.16 Å². The summed E-state index contributed by atoms with van der Waals surface area (Å²) in [4.78, 5) is 18.6. The molecule has 2 N–H and O–H groups in total. The third kappa shape index (κ3) is 4.44. The Morgan fingerprint density at radius 2 is 2.21 bits per heavy atom. The molecule has 9 heteroatoms. The highest BCUT2D eigenvalue weighted by Gasteiger charge is 2.14. The number of carbonyl (C=O) groups excluding carboxylic acids is 1. The summed E-state index contributed by atoms with van der Waals surface area (Å²) in [5, 5.41) is 9.72. The number of carbonyl (C=O) groups is 1. The molecule has 0 radical (unpaired) electrons. The van der Waals surface area contributed by atoms with Gasteiger partial charge < -0.3 is 24.8 Å². The average Bonchev–Trinajstić information content (AvgIpc) is 3.06. The highest BCUT2D eigenvalue weighted by molar-refractivity contribution is 6.02. The van der Waals surface area contributed by atoms with Crippen LogP contribution < -0.4 is 15.5 Å². The lowest BCUT2D eigenvalue weighted by molar-refractivity contribution is 0.101. The van der Waals surface area contributed by atoms with Crippen LogP contribution in [0.2, 0.25) is 0 Å². The number of piperazine rings is 1. The molecule has 0 spiro atoms. The highest BCUT2D eigenvalue weighted by Crippen LogP contribution is 2.16. The number of methoxy groups -OCH3 is 1. The summed E-state index contributed by atoms with van der Waals surface area (Å²) in [6.45, 7) is 4.12. The van der Waals surface area contributed by atoms with Gasteiger partial charge in [0.15, 0.2) is 11.5 Å². The summed E-state index contributed by atoms with van der Waals surface area (Å²) in [6, 6.07) is 5.28. The van der Waals surface area contributed by atoms with E-state index in [0.717, 1.165) is 31.9 Å². The molecule has 2 aromatic heterocycles. The Labute approximate surface area is 146 Å². The molecule has 1 aliphatic heterocycles. The number of aromatic nitrogens is 2. The standard InChI is InChI=1S/C15H19N5O3.ClH/c1-22-10-12-8-13(19-23-12)15(21)18-14-3-2-11(9-17-14)20-6-4-16-5-7-20;/h2-3,8-9,16H,4-7,10H2,1H3,(H,17,18,21);1H. The van der Waals surface area contributed by atoms with E-state index in [0.29, 0.717) is 11.6 Å². The molecule has 1 fully saturated rings. The first-order valence-electron chi connectivity index (χ1n) is 7.44. The molecule has 2 aromatic rings. The zero-order chi connectivity index (χ0) is 16.1. The predicted molar refractivity (Wildman–Crippen MR) is 91.7 cm³/mol. The zero-order valence-electron chi connectivity index (χ0n) is 13.3. The summed E-state index contributed by atoms with van der Waals surface area (Å²) in [7, 11) is 1.55. The maximum atomic E-state index is 12.1. The van der Waals surface area contributed by atoms with Gasteiger partial charge in [-0.3, -0.25) is 4.79 Å². The third-order valence-electron chi connectivity index (χ3n) is 3.55. The maximum absolute atomic E-state index is 12.1. The van der Waals surface area contributed by atoms with Crippen LogP contribution in [-0.4, -0.2) is 49.3 Å². The maximum Gasteiger partial charge on any atom is 0.279 e. The number of hydrogen-bond donors (Lipinski definition) is 2. The lowest BCUT2D eigenvalue weighted by atomic mass is 10.3. The number of pyridine rings is 1. The van der Waals surface area contributed by atoms with Crippen molar-refractivity contribution in [2.75, 3.05) is 43.5 Å². The largest absolute Gasteiger partial charge is 0.377 e. The number of halogens is 1. The number of ether oxygens (including phenoxy) is 1. The van der Waals surface area contributed by atoms with Crippen LogP contribution in [0.3, 0.4) is 0 Å². The SMILES string of the molecule is COCc1cc(C(=O)Nc2ccc(N3CCNCC3)cn2)no1.Cl. The van der Waals surface area contributed by atoms with Gasteiger partial charge >= 0.3 is 0 Å². The van der Waals surface area contributed by atoms with E-state index in [-0.39, 0.29) is 30.6 Å². The minimum atomic E-state index is -0.362. The molecule has 1 saturated heterocycles. The summed E-state index contributed by atoms with van der Waals surface area (Å²) in [5.41, 5.74) is 1.25. The number of amides is 1. The van der Waals surface area contributed by atoms with Crippen LogP contribution in [0.4, 0.5) is 11.5 Å². The Bertz CT molecular complexity index is 655. The lowest BCUT2D eigenvalue weighted by Gasteiger charge is -2.29.